The number of phenolic OH excluding ortho intramolecular Hbond substituents is 2. The van der Waals surface area contributed by atoms with Crippen LogP contribution in [-0.2, 0) is 36.8 Å². The first kappa shape index (κ1) is 44.2. The Morgan fingerprint density at radius 1 is 0.689 bits per heavy atom. The first-order valence-electron chi connectivity index (χ1n) is 19.4. The van der Waals surface area contributed by atoms with Crippen LogP contribution in [0.1, 0.15) is 74.6 Å². The average Bonchev–Trinajstić information content (AvgIpc) is 3.60. The normalized spacial score (nSPS) is 12.5. The minimum atomic E-state index is -1.12. The number of hydrogen-bond donors (Lipinski definition) is 3. The predicted octanol–water partition coefficient (Wildman–Crippen LogP) is 6.93. The van der Waals surface area contributed by atoms with Crippen molar-refractivity contribution in [2.24, 2.45) is 5.92 Å². The number of aromatic nitrogens is 2. The number of carbonyl (C=O) groups excluding carboxylic acids is 6. The topological polar surface area (TPSA) is 174 Å². The minimum absolute atomic E-state index is 0.117. The molecule has 3 N–H and O–H groups in total. The Balaban J connectivity index is 1.05. The zero-order valence-corrected chi connectivity index (χ0v) is 36.1. The number of amides is 1. The van der Waals surface area contributed by atoms with E-state index in [0.29, 0.717) is 44.4 Å². The summed E-state index contributed by atoms with van der Waals surface area (Å²) in [6.45, 7) is 10.1. The van der Waals surface area contributed by atoms with Crippen LogP contribution in [0.3, 0.4) is 0 Å². The van der Waals surface area contributed by atoms with Gasteiger partial charge in [-0.3, -0.25) is 9.36 Å². The molecule has 6 rings (SSSR count). The van der Waals surface area contributed by atoms with Gasteiger partial charge >= 0.3 is 254 Å². The number of ether oxygens (including phenoxy) is 1. The van der Waals surface area contributed by atoms with Crippen LogP contribution in [0.15, 0.2) is 72.8 Å². The minimum Gasteiger partial charge on any atom is -0.505 e. The van der Waals surface area contributed by atoms with Gasteiger partial charge in [0.15, 0.2) is 11.6 Å². The third kappa shape index (κ3) is 9.49. The number of nitrogens with zero attached hydrogens (tertiary/aromatic N) is 2. The van der Waals surface area contributed by atoms with Gasteiger partial charge in [0, 0.05) is 11.6 Å². The van der Waals surface area contributed by atoms with E-state index < -0.39 is 80.5 Å². The van der Waals surface area contributed by atoms with Gasteiger partial charge in [-0.25, -0.2) is 4.39 Å². The standard InChI is InChI=1S/C46H43AsF2N3O9/c1-23-7-11-29(12-8-23)44(58)51-27(5)31(33-16-39(53)35(48)20-37(33)51)18-41(55)47-22-25(3)46(60)61-43(57)15-26(4)50-42(56)19-32-28(6)52(38-21-36(49)40(54)17-34(32)38)45(59)30-13-9-24(2)10-14-30/h7-14,16-17,20-21,25-26,53-54H,15,18-19,22H2,1-6H3,(H,50,56). The number of aromatic hydroxyl groups is 2. The van der Waals surface area contributed by atoms with Crippen LogP contribution >= 0.6 is 0 Å². The average molecular weight is 895 g/mol. The summed E-state index contributed by atoms with van der Waals surface area (Å²) in [4.78, 5) is 79.4. The zero-order valence-electron chi connectivity index (χ0n) is 34.3. The third-order valence-electron chi connectivity index (χ3n) is 10.5. The molecule has 0 aliphatic carbocycles. The third-order valence-corrected chi connectivity index (χ3v) is 13.1. The molecule has 0 fully saturated rings. The van der Waals surface area contributed by atoms with E-state index in [2.05, 4.69) is 5.32 Å². The van der Waals surface area contributed by atoms with Gasteiger partial charge in [0.25, 0.3) is 5.91 Å². The monoisotopic (exact) mass is 894 g/mol. The van der Waals surface area contributed by atoms with E-state index >= 15 is 0 Å². The molecule has 0 aliphatic heterocycles. The van der Waals surface area contributed by atoms with Gasteiger partial charge in [0.1, 0.15) is 0 Å². The maximum absolute atomic E-state index is 14.5. The summed E-state index contributed by atoms with van der Waals surface area (Å²) in [5, 5.41) is 23.8. The summed E-state index contributed by atoms with van der Waals surface area (Å²) < 4.78 is 36.5. The Morgan fingerprint density at radius 3 is 1.59 bits per heavy atom. The van der Waals surface area contributed by atoms with Gasteiger partial charge in [-0.1, -0.05) is 17.7 Å². The molecule has 4 aromatic carbocycles. The molecule has 0 aliphatic rings. The van der Waals surface area contributed by atoms with Crippen molar-refractivity contribution in [2.45, 2.75) is 72.1 Å². The molecule has 0 saturated heterocycles. The quantitative estimate of drug-likeness (QED) is 0.0631. The molecular weight excluding hydrogens is 851 g/mol. The molecular formula is C46H43AsF2N3O9. The Labute approximate surface area is 356 Å². The van der Waals surface area contributed by atoms with E-state index in [0.717, 1.165) is 29.3 Å². The Kier molecular flexibility index (Phi) is 13.1. The number of fused-ring (bicyclic) bond motifs is 2. The molecule has 61 heavy (non-hydrogen) atoms. The van der Waals surface area contributed by atoms with Gasteiger partial charge in [0.2, 0.25) is 0 Å². The summed E-state index contributed by atoms with van der Waals surface area (Å²) in [5.41, 5.74) is 4.50. The maximum atomic E-state index is 14.5. The summed E-state index contributed by atoms with van der Waals surface area (Å²) >= 11 is -1.12. The summed E-state index contributed by atoms with van der Waals surface area (Å²) in [6, 6.07) is 17.3. The van der Waals surface area contributed by atoms with Crippen LogP contribution in [0.25, 0.3) is 21.8 Å². The molecule has 1 amide bonds. The van der Waals surface area contributed by atoms with Crippen molar-refractivity contribution in [1.29, 1.82) is 0 Å². The number of esters is 2. The number of benzene rings is 4. The molecule has 0 spiro atoms. The molecule has 2 unspecified atom stereocenters. The van der Waals surface area contributed by atoms with Crippen LogP contribution in [0.4, 0.5) is 8.78 Å². The van der Waals surface area contributed by atoms with Gasteiger partial charge in [-0.05, 0) is 32.0 Å². The molecule has 0 saturated carbocycles. The molecule has 15 heteroatoms. The second-order valence-electron chi connectivity index (χ2n) is 15.2. The van der Waals surface area contributed by atoms with Gasteiger partial charge in [-0.2, -0.15) is 0 Å². The smallest absolute Gasteiger partial charge is 0.505 e. The van der Waals surface area contributed by atoms with E-state index in [9.17, 15) is 47.8 Å². The van der Waals surface area contributed by atoms with Gasteiger partial charge in [-0.15, -0.1) is 0 Å². The van der Waals surface area contributed by atoms with Crippen molar-refractivity contribution in [3.8, 4) is 11.5 Å². The van der Waals surface area contributed by atoms with Crippen LogP contribution in [-0.4, -0.2) is 75.4 Å². The number of aryl methyl sites for hydroxylation is 2. The van der Waals surface area contributed by atoms with Crippen LogP contribution < -0.4 is 5.32 Å². The predicted molar refractivity (Wildman–Crippen MR) is 224 cm³/mol. The van der Waals surface area contributed by atoms with Crippen molar-refractivity contribution in [3.63, 3.8) is 0 Å². The summed E-state index contributed by atoms with van der Waals surface area (Å²) in [6.07, 6.45) is -0.788. The van der Waals surface area contributed by atoms with Crippen molar-refractivity contribution in [2.75, 3.05) is 0 Å². The second kappa shape index (κ2) is 18.1. The zero-order chi connectivity index (χ0) is 44.4. The molecule has 2 heterocycles. The Hall–Kier alpha value is -6.40. The van der Waals surface area contributed by atoms with Crippen molar-refractivity contribution in [1.82, 2.24) is 14.5 Å². The summed E-state index contributed by atoms with van der Waals surface area (Å²) in [7, 11) is 0. The number of carbonyl (C=O) groups is 6. The molecule has 6 aromatic rings. The molecule has 2 atom stereocenters. The second-order valence-corrected chi connectivity index (χ2v) is 17.7. The fourth-order valence-electron chi connectivity index (χ4n) is 7.16. The fraction of sp³-hybridized carbons (Fsp3) is 0.261. The Bertz CT molecular complexity index is 2760. The van der Waals surface area contributed by atoms with Crippen LogP contribution in [0, 0.1) is 45.2 Å². The van der Waals surface area contributed by atoms with E-state index in [4.69, 9.17) is 4.74 Å². The van der Waals surface area contributed by atoms with Crippen molar-refractivity contribution in [3.05, 3.63) is 129 Å². The van der Waals surface area contributed by atoms with E-state index in [1.807, 2.05) is 13.8 Å². The van der Waals surface area contributed by atoms with Gasteiger partial charge in [0.05, 0.1) is 5.52 Å². The molecule has 315 valence electrons. The van der Waals surface area contributed by atoms with E-state index in [-0.39, 0.29) is 40.1 Å². The number of hydrogen-bond acceptors (Lipinski definition) is 9. The molecule has 2 aromatic heterocycles. The van der Waals surface area contributed by atoms with Crippen LogP contribution in [0.5, 0.6) is 11.5 Å². The van der Waals surface area contributed by atoms with Crippen LogP contribution in [0.2, 0.25) is 5.21 Å². The number of nitrogens with one attached hydrogen (secondary N) is 1. The first-order valence-corrected chi connectivity index (χ1v) is 21.6. The first-order chi connectivity index (χ1) is 28.8. The van der Waals surface area contributed by atoms with Crippen molar-refractivity contribution < 1.29 is 52.5 Å². The van der Waals surface area contributed by atoms with Crippen molar-refractivity contribution >= 4 is 71.8 Å². The number of halogens is 2. The summed E-state index contributed by atoms with van der Waals surface area (Å²) in [5.74, 6) is -7.16. The number of rotatable bonds is 13. The van der Waals surface area contributed by atoms with E-state index in [1.54, 1.807) is 62.4 Å². The molecule has 12 nitrogen and oxygen atoms in total. The SMILES string of the molecule is Cc1ccc(C(=O)n2c(C)c(CC(=O)NC(C)CC(=O)OC(=O)C(C)C[As]C(=O)Cc3c(C)n(C(=O)c4ccc(C)cc4)c4cc(F)c(O)cc34)c3cc(O)c(F)cc32)cc1. The molecule has 1 radical (unpaired) electrons. The fourth-order valence-corrected chi connectivity index (χ4v) is 9.04. The van der Waals surface area contributed by atoms with Gasteiger partial charge < -0.3 is 5.11 Å². The number of phenols is 2. The molecule has 0 bridgehead atoms. The Morgan fingerprint density at radius 2 is 1.13 bits per heavy atom. The van der Waals surface area contributed by atoms with E-state index in [1.165, 1.54) is 29.0 Å².